The molecule has 0 atom stereocenters. The van der Waals surface area contributed by atoms with Gasteiger partial charge >= 0.3 is 17.9 Å². The van der Waals surface area contributed by atoms with E-state index in [2.05, 4.69) is 25.3 Å². The van der Waals surface area contributed by atoms with Crippen molar-refractivity contribution in [3.8, 4) is 22.6 Å². The molecule has 0 amide bonds. The lowest BCUT2D eigenvalue weighted by molar-refractivity contribution is -0.144. The van der Waals surface area contributed by atoms with Crippen molar-refractivity contribution in [3.05, 3.63) is 120 Å². The standard InChI is InChI=1S/C33H28O7/c1-5-31(34)39-20-38-29-15-12-26-18-30(22(4)16-27(26)17-29)24-10-13-28(14-11-24)40-33(36)25-8-6-23(7-9-25)19-37-32(35)21(2)3/h5-18H,1-2,19-20H2,3-4H3. The minimum Gasteiger partial charge on any atom is -0.457 e. The van der Waals surface area contributed by atoms with Gasteiger partial charge in [0, 0.05) is 11.6 Å². The Morgan fingerprint density at radius 3 is 2.20 bits per heavy atom. The molecule has 0 aliphatic heterocycles. The van der Waals surface area contributed by atoms with Crippen molar-refractivity contribution in [3.63, 3.8) is 0 Å². The van der Waals surface area contributed by atoms with Crippen LogP contribution in [-0.4, -0.2) is 24.7 Å². The van der Waals surface area contributed by atoms with E-state index in [1.807, 2.05) is 37.3 Å². The first-order valence-corrected chi connectivity index (χ1v) is 12.4. The second-order valence-electron chi connectivity index (χ2n) is 9.07. The maximum Gasteiger partial charge on any atom is 0.343 e. The molecule has 0 aliphatic carbocycles. The summed E-state index contributed by atoms with van der Waals surface area (Å²) in [6, 6.07) is 23.8. The monoisotopic (exact) mass is 536 g/mol. The van der Waals surface area contributed by atoms with Crippen molar-refractivity contribution in [2.45, 2.75) is 20.5 Å². The lowest BCUT2D eigenvalue weighted by atomic mass is 9.96. The van der Waals surface area contributed by atoms with Crippen LogP contribution in [0.5, 0.6) is 11.5 Å². The number of hydrogen-bond donors (Lipinski definition) is 0. The minimum absolute atomic E-state index is 0.0961. The molecule has 40 heavy (non-hydrogen) atoms. The zero-order valence-corrected chi connectivity index (χ0v) is 22.3. The maximum atomic E-state index is 12.6. The summed E-state index contributed by atoms with van der Waals surface area (Å²) in [5.74, 6) is -0.488. The van der Waals surface area contributed by atoms with Crippen molar-refractivity contribution in [1.29, 1.82) is 0 Å². The number of rotatable bonds is 10. The molecule has 0 N–H and O–H groups in total. The van der Waals surface area contributed by atoms with E-state index in [9.17, 15) is 14.4 Å². The van der Waals surface area contributed by atoms with E-state index in [4.69, 9.17) is 18.9 Å². The molecule has 202 valence electrons. The Balaban J connectivity index is 1.40. The summed E-state index contributed by atoms with van der Waals surface area (Å²) < 4.78 is 21.0. The fraction of sp³-hybridized carbons (Fsp3) is 0.121. The van der Waals surface area contributed by atoms with Gasteiger partial charge in [0.25, 0.3) is 0 Å². The van der Waals surface area contributed by atoms with Gasteiger partial charge in [-0.3, -0.25) is 0 Å². The Hall–Kier alpha value is -5.17. The number of carbonyl (C=O) groups excluding carboxylic acids is 3. The third kappa shape index (κ3) is 7.02. The number of benzene rings is 4. The fourth-order valence-electron chi connectivity index (χ4n) is 3.88. The van der Waals surface area contributed by atoms with Crippen molar-refractivity contribution < 1.29 is 33.3 Å². The highest BCUT2D eigenvalue weighted by Crippen LogP contribution is 2.31. The van der Waals surface area contributed by atoms with Crippen LogP contribution in [0.25, 0.3) is 21.9 Å². The Kier molecular flexibility index (Phi) is 8.76. The second kappa shape index (κ2) is 12.6. The Bertz CT molecular complexity index is 1580. The molecule has 0 saturated carbocycles. The molecular formula is C33H28O7. The third-order valence-electron chi connectivity index (χ3n) is 6.03. The van der Waals surface area contributed by atoms with Crippen LogP contribution in [-0.2, 0) is 25.7 Å². The summed E-state index contributed by atoms with van der Waals surface area (Å²) in [5.41, 5.74) is 4.53. The minimum atomic E-state index is -0.545. The molecule has 4 rings (SSSR count). The van der Waals surface area contributed by atoms with Crippen molar-refractivity contribution in [1.82, 2.24) is 0 Å². The van der Waals surface area contributed by atoms with Crippen LogP contribution >= 0.6 is 0 Å². The van der Waals surface area contributed by atoms with Crippen LogP contribution in [0.3, 0.4) is 0 Å². The predicted molar refractivity (Wildman–Crippen MR) is 152 cm³/mol. The zero-order valence-electron chi connectivity index (χ0n) is 22.3. The van der Waals surface area contributed by atoms with E-state index in [0.29, 0.717) is 22.6 Å². The number of fused-ring (bicyclic) bond motifs is 1. The molecule has 0 unspecified atom stereocenters. The van der Waals surface area contributed by atoms with Gasteiger partial charge in [0.05, 0.1) is 5.56 Å². The van der Waals surface area contributed by atoms with E-state index in [0.717, 1.165) is 39.1 Å². The van der Waals surface area contributed by atoms with Crippen LogP contribution in [0, 0.1) is 6.92 Å². The number of carbonyl (C=O) groups is 3. The topological polar surface area (TPSA) is 88.1 Å². The van der Waals surface area contributed by atoms with Gasteiger partial charge in [-0.15, -0.1) is 0 Å². The van der Waals surface area contributed by atoms with Crippen LogP contribution in [0.2, 0.25) is 0 Å². The quantitative estimate of drug-likeness (QED) is 0.0962. The largest absolute Gasteiger partial charge is 0.457 e. The van der Waals surface area contributed by atoms with Gasteiger partial charge in [0.2, 0.25) is 6.79 Å². The number of aryl methyl sites for hydroxylation is 1. The Morgan fingerprint density at radius 1 is 0.825 bits per heavy atom. The van der Waals surface area contributed by atoms with E-state index < -0.39 is 17.9 Å². The molecule has 7 heteroatoms. The first kappa shape index (κ1) is 27.9. The number of esters is 3. The highest BCUT2D eigenvalue weighted by atomic mass is 16.7. The summed E-state index contributed by atoms with van der Waals surface area (Å²) in [7, 11) is 0. The highest BCUT2D eigenvalue weighted by molar-refractivity contribution is 5.92. The van der Waals surface area contributed by atoms with E-state index in [1.165, 1.54) is 0 Å². The molecule has 0 radical (unpaired) electrons. The van der Waals surface area contributed by atoms with E-state index in [1.54, 1.807) is 43.3 Å². The van der Waals surface area contributed by atoms with Crippen LogP contribution < -0.4 is 9.47 Å². The predicted octanol–water partition coefficient (Wildman–Crippen LogP) is 6.72. The lowest BCUT2D eigenvalue weighted by Gasteiger charge is -2.12. The molecule has 0 bridgehead atoms. The van der Waals surface area contributed by atoms with Crippen LogP contribution in [0.4, 0.5) is 0 Å². The molecule has 0 fully saturated rings. The number of ether oxygens (including phenoxy) is 4. The Morgan fingerprint density at radius 2 is 1.52 bits per heavy atom. The van der Waals surface area contributed by atoms with Gasteiger partial charge in [-0.05, 0) is 89.3 Å². The summed E-state index contributed by atoms with van der Waals surface area (Å²) in [6.45, 7) is 10.4. The fourth-order valence-corrected chi connectivity index (χ4v) is 3.88. The molecule has 0 saturated heterocycles. The molecular weight excluding hydrogens is 508 g/mol. The van der Waals surface area contributed by atoms with Crippen LogP contribution in [0.1, 0.15) is 28.4 Å². The Labute approximate surface area is 232 Å². The van der Waals surface area contributed by atoms with E-state index in [-0.39, 0.29) is 13.4 Å². The molecule has 0 spiro atoms. The molecule has 0 aromatic heterocycles. The summed E-state index contributed by atoms with van der Waals surface area (Å²) >= 11 is 0. The normalized spacial score (nSPS) is 10.4. The van der Waals surface area contributed by atoms with Gasteiger partial charge in [-0.1, -0.05) is 49.6 Å². The van der Waals surface area contributed by atoms with Crippen molar-refractivity contribution in [2.24, 2.45) is 0 Å². The summed E-state index contributed by atoms with van der Waals surface area (Å²) in [5, 5.41) is 2.00. The highest BCUT2D eigenvalue weighted by Gasteiger charge is 2.11. The first-order chi connectivity index (χ1) is 19.2. The van der Waals surface area contributed by atoms with Gasteiger partial charge in [-0.25, -0.2) is 14.4 Å². The van der Waals surface area contributed by atoms with Gasteiger partial charge in [0.15, 0.2) is 0 Å². The van der Waals surface area contributed by atoms with Gasteiger partial charge in [-0.2, -0.15) is 0 Å². The molecule has 4 aromatic carbocycles. The van der Waals surface area contributed by atoms with Gasteiger partial charge in [0.1, 0.15) is 18.1 Å². The molecule has 4 aromatic rings. The SMILES string of the molecule is C=CC(=O)OCOc1ccc2cc(-c3ccc(OC(=O)c4ccc(COC(=O)C(=C)C)cc4)cc3)c(C)cc2c1. The third-order valence-corrected chi connectivity index (χ3v) is 6.03. The number of hydrogen-bond acceptors (Lipinski definition) is 7. The molecule has 7 nitrogen and oxygen atoms in total. The van der Waals surface area contributed by atoms with Crippen LogP contribution in [0.15, 0.2) is 104 Å². The summed E-state index contributed by atoms with van der Waals surface area (Å²) in [6.07, 6.45) is 1.08. The first-order valence-electron chi connectivity index (χ1n) is 12.4. The molecule has 0 aliphatic rings. The summed E-state index contributed by atoms with van der Waals surface area (Å²) in [4.78, 5) is 35.3. The molecule has 0 heterocycles. The van der Waals surface area contributed by atoms with Crippen molar-refractivity contribution >= 4 is 28.7 Å². The second-order valence-corrected chi connectivity index (χ2v) is 9.07. The zero-order chi connectivity index (χ0) is 28.6. The maximum absolute atomic E-state index is 12.6. The van der Waals surface area contributed by atoms with Gasteiger partial charge < -0.3 is 18.9 Å². The average Bonchev–Trinajstić information content (AvgIpc) is 2.96. The van der Waals surface area contributed by atoms with E-state index >= 15 is 0 Å². The average molecular weight is 537 g/mol. The van der Waals surface area contributed by atoms with Crippen molar-refractivity contribution in [2.75, 3.05) is 6.79 Å². The smallest absolute Gasteiger partial charge is 0.343 e. The lowest BCUT2D eigenvalue weighted by Crippen LogP contribution is -2.09.